The number of hydrogen-bond acceptors (Lipinski definition) is 5. The number of amides is 2. The van der Waals surface area contributed by atoms with Crippen LogP contribution in [0.5, 0.6) is 5.75 Å². The predicted octanol–water partition coefficient (Wildman–Crippen LogP) is 3.95. The molecule has 0 heterocycles. The summed E-state index contributed by atoms with van der Waals surface area (Å²) in [4.78, 5) is 23.7. The van der Waals surface area contributed by atoms with Crippen LogP contribution in [0.3, 0.4) is 0 Å². The van der Waals surface area contributed by atoms with E-state index in [4.69, 9.17) is 16.3 Å². The van der Waals surface area contributed by atoms with Gasteiger partial charge >= 0.3 is 10.2 Å². The molecule has 3 aromatic rings. The Morgan fingerprint density at radius 1 is 0.969 bits per heavy atom. The molecule has 0 spiro atoms. The molecule has 0 aliphatic rings. The van der Waals surface area contributed by atoms with Crippen molar-refractivity contribution in [3.05, 3.63) is 88.9 Å². The highest BCUT2D eigenvalue weighted by Crippen LogP contribution is 2.17. The van der Waals surface area contributed by atoms with E-state index in [1.807, 2.05) is 0 Å². The van der Waals surface area contributed by atoms with Gasteiger partial charge in [0.15, 0.2) is 6.61 Å². The highest BCUT2D eigenvalue weighted by molar-refractivity contribution is 7.86. The van der Waals surface area contributed by atoms with Crippen LogP contribution in [0.2, 0.25) is 5.02 Å². The summed E-state index contributed by atoms with van der Waals surface area (Å²) in [5.41, 5.74) is 1.47. The molecular formula is C22H18ClFN2O5S. The van der Waals surface area contributed by atoms with Crippen molar-refractivity contribution in [2.75, 3.05) is 11.9 Å². The third-order valence-electron chi connectivity index (χ3n) is 4.27. The zero-order valence-electron chi connectivity index (χ0n) is 16.5. The van der Waals surface area contributed by atoms with Crippen LogP contribution in [0.4, 0.5) is 9.57 Å². The first-order chi connectivity index (χ1) is 15.2. The van der Waals surface area contributed by atoms with Crippen molar-refractivity contribution in [1.82, 2.24) is 5.32 Å². The summed E-state index contributed by atoms with van der Waals surface area (Å²) in [6, 6.07) is 18.0. The molecule has 0 radical (unpaired) electrons. The summed E-state index contributed by atoms with van der Waals surface area (Å²) in [5, 5.41) is 5.89. The smallest absolute Gasteiger partial charge is 0.332 e. The van der Waals surface area contributed by atoms with Gasteiger partial charge in [0, 0.05) is 22.8 Å². The van der Waals surface area contributed by atoms with E-state index in [9.17, 15) is 21.9 Å². The third kappa shape index (κ3) is 6.79. The van der Waals surface area contributed by atoms with Crippen molar-refractivity contribution < 1.29 is 26.6 Å². The zero-order chi connectivity index (χ0) is 23.1. The summed E-state index contributed by atoms with van der Waals surface area (Å²) in [7, 11) is -4.82. The molecule has 2 N–H and O–H groups in total. The van der Waals surface area contributed by atoms with E-state index in [1.165, 1.54) is 12.1 Å². The molecule has 0 bridgehead atoms. The molecule has 0 unspecified atom stereocenters. The van der Waals surface area contributed by atoms with E-state index in [-0.39, 0.29) is 24.6 Å². The summed E-state index contributed by atoms with van der Waals surface area (Å²) in [5.74, 6) is -0.290. The monoisotopic (exact) mass is 476 g/mol. The lowest BCUT2D eigenvalue weighted by atomic mass is 10.2. The van der Waals surface area contributed by atoms with Gasteiger partial charge in [0.05, 0.1) is 4.90 Å². The SMILES string of the molecule is O=C(COc1cccc(Cl)c1)NCc1ccc(NC(=O)c2ccc(S(=O)(=O)F)cc2)cc1. The standard InChI is InChI=1S/C22H18ClFN2O5S/c23-17-2-1-3-19(12-17)31-14-21(27)25-13-15-4-8-18(9-5-15)26-22(28)16-6-10-20(11-7-16)32(24,29)30/h1-12H,13-14H2,(H,25,27)(H,26,28). The number of rotatable bonds is 8. The highest BCUT2D eigenvalue weighted by atomic mass is 35.5. The van der Waals surface area contributed by atoms with E-state index in [2.05, 4.69) is 10.6 Å². The predicted molar refractivity (Wildman–Crippen MR) is 118 cm³/mol. The number of carbonyl (C=O) groups excluding carboxylic acids is 2. The van der Waals surface area contributed by atoms with Crippen LogP contribution in [0, 0.1) is 0 Å². The molecule has 166 valence electrons. The van der Waals surface area contributed by atoms with E-state index >= 15 is 0 Å². The lowest BCUT2D eigenvalue weighted by molar-refractivity contribution is -0.123. The molecule has 7 nitrogen and oxygen atoms in total. The van der Waals surface area contributed by atoms with E-state index < -0.39 is 21.0 Å². The Balaban J connectivity index is 1.48. The highest BCUT2D eigenvalue weighted by Gasteiger charge is 2.13. The van der Waals surface area contributed by atoms with Crippen LogP contribution in [0.15, 0.2) is 77.7 Å². The van der Waals surface area contributed by atoms with Crippen LogP contribution in [0.25, 0.3) is 0 Å². The summed E-state index contributed by atoms with van der Waals surface area (Å²) in [6.45, 7) is 0.113. The van der Waals surface area contributed by atoms with Gasteiger partial charge in [-0.1, -0.05) is 29.8 Å². The van der Waals surface area contributed by atoms with E-state index in [0.29, 0.717) is 16.5 Å². The quantitative estimate of drug-likeness (QED) is 0.479. The minimum Gasteiger partial charge on any atom is -0.484 e. The second-order valence-corrected chi connectivity index (χ2v) is 8.42. The van der Waals surface area contributed by atoms with Gasteiger partial charge in [0.1, 0.15) is 5.75 Å². The number of carbonyl (C=O) groups is 2. The number of halogens is 2. The van der Waals surface area contributed by atoms with Crippen molar-refractivity contribution in [2.24, 2.45) is 0 Å². The van der Waals surface area contributed by atoms with Gasteiger partial charge in [0.25, 0.3) is 11.8 Å². The van der Waals surface area contributed by atoms with Crippen molar-refractivity contribution in [3.8, 4) is 5.75 Å². The van der Waals surface area contributed by atoms with Gasteiger partial charge in [-0.3, -0.25) is 9.59 Å². The fraction of sp³-hybridized carbons (Fsp3) is 0.0909. The maximum atomic E-state index is 12.9. The number of ether oxygens (including phenoxy) is 1. The minimum absolute atomic E-state index is 0.156. The molecule has 0 aromatic heterocycles. The van der Waals surface area contributed by atoms with Crippen LogP contribution in [-0.2, 0) is 21.6 Å². The number of nitrogens with one attached hydrogen (secondary N) is 2. The Hall–Kier alpha value is -3.43. The largest absolute Gasteiger partial charge is 0.484 e. The molecule has 0 atom stereocenters. The Labute approximate surface area is 189 Å². The van der Waals surface area contributed by atoms with Crippen LogP contribution < -0.4 is 15.4 Å². The van der Waals surface area contributed by atoms with Gasteiger partial charge in [-0.15, -0.1) is 3.89 Å². The molecule has 32 heavy (non-hydrogen) atoms. The van der Waals surface area contributed by atoms with Crippen LogP contribution in [-0.4, -0.2) is 26.8 Å². The summed E-state index contributed by atoms with van der Waals surface area (Å²) >= 11 is 5.86. The van der Waals surface area contributed by atoms with Gasteiger partial charge in [-0.2, -0.15) is 8.42 Å². The van der Waals surface area contributed by atoms with Crippen LogP contribution >= 0.6 is 11.6 Å². The lowest BCUT2D eigenvalue weighted by Crippen LogP contribution is -2.28. The van der Waals surface area contributed by atoms with Crippen molar-refractivity contribution in [2.45, 2.75) is 11.4 Å². The van der Waals surface area contributed by atoms with Crippen molar-refractivity contribution in [3.63, 3.8) is 0 Å². The van der Waals surface area contributed by atoms with Crippen molar-refractivity contribution >= 4 is 39.3 Å². The molecule has 10 heteroatoms. The second kappa shape index (κ2) is 10.3. The average Bonchev–Trinajstić information content (AvgIpc) is 2.77. The Morgan fingerprint density at radius 3 is 2.28 bits per heavy atom. The molecule has 2 amide bonds. The molecule has 3 aromatic carbocycles. The normalized spacial score (nSPS) is 10.9. The van der Waals surface area contributed by atoms with E-state index in [1.54, 1.807) is 48.5 Å². The molecule has 3 rings (SSSR count). The van der Waals surface area contributed by atoms with Gasteiger partial charge in [-0.05, 0) is 60.2 Å². The molecule has 0 saturated heterocycles. The summed E-state index contributed by atoms with van der Waals surface area (Å²) in [6.07, 6.45) is 0. The third-order valence-corrected chi connectivity index (χ3v) is 5.34. The maximum Gasteiger partial charge on any atom is 0.332 e. The first-order valence-corrected chi connectivity index (χ1v) is 11.1. The Kier molecular flexibility index (Phi) is 7.45. The maximum absolute atomic E-state index is 12.9. The van der Waals surface area contributed by atoms with Gasteiger partial charge < -0.3 is 15.4 Å². The fourth-order valence-electron chi connectivity index (χ4n) is 2.64. The fourth-order valence-corrected chi connectivity index (χ4v) is 3.28. The number of benzene rings is 3. The van der Waals surface area contributed by atoms with Gasteiger partial charge in [0.2, 0.25) is 0 Å². The minimum atomic E-state index is -4.82. The van der Waals surface area contributed by atoms with Gasteiger partial charge in [-0.25, -0.2) is 0 Å². The summed E-state index contributed by atoms with van der Waals surface area (Å²) < 4.78 is 40.0. The number of hydrogen-bond donors (Lipinski definition) is 2. The zero-order valence-corrected chi connectivity index (χ0v) is 18.1. The molecular weight excluding hydrogens is 459 g/mol. The van der Waals surface area contributed by atoms with Crippen LogP contribution in [0.1, 0.15) is 15.9 Å². The topological polar surface area (TPSA) is 102 Å². The molecule has 0 saturated carbocycles. The average molecular weight is 477 g/mol. The lowest BCUT2D eigenvalue weighted by Gasteiger charge is -2.09. The second-order valence-electron chi connectivity index (χ2n) is 6.64. The Bertz CT molecular complexity index is 1220. The molecule has 0 aliphatic carbocycles. The van der Waals surface area contributed by atoms with Crippen molar-refractivity contribution in [1.29, 1.82) is 0 Å². The Morgan fingerprint density at radius 2 is 1.66 bits per heavy atom. The molecule has 0 fully saturated rings. The first-order valence-electron chi connectivity index (χ1n) is 9.31. The first kappa shape index (κ1) is 23.2. The van der Waals surface area contributed by atoms with E-state index in [0.717, 1.165) is 17.7 Å². The molecule has 0 aliphatic heterocycles. The number of anilines is 1.